The predicted molar refractivity (Wildman–Crippen MR) is 106 cm³/mol. The minimum atomic E-state index is -0.110. The molecule has 0 spiro atoms. The number of carbonyl (C=O) groups excluding carboxylic acids is 1. The van der Waals surface area contributed by atoms with Crippen LogP contribution in [0.4, 0.5) is 0 Å². The minimum absolute atomic E-state index is 0.110. The van der Waals surface area contributed by atoms with Crippen molar-refractivity contribution in [2.45, 2.75) is 25.4 Å². The maximum Gasteiger partial charge on any atom is 0.251 e. The number of rotatable bonds is 8. The quantitative estimate of drug-likeness (QED) is 0.602. The molecular weight excluding hydrogens is 356 g/mol. The monoisotopic (exact) mass is 380 g/mol. The van der Waals surface area contributed by atoms with Gasteiger partial charge in [0.05, 0.1) is 18.1 Å². The molecule has 2 heterocycles. The normalized spacial score (nSPS) is 16.5. The Balaban J connectivity index is 1.31. The highest BCUT2D eigenvalue weighted by atomic mass is 16.5. The average molecular weight is 380 g/mol. The van der Waals surface area contributed by atoms with Gasteiger partial charge in [0.15, 0.2) is 5.76 Å². The predicted octanol–water partition coefficient (Wildman–Crippen LogP) is 3.81. The summed E-state index contributed by atoms with van der Waals surface area (Å²) in [6, 6.07) is 15.2. The third kappa shape index (κ3) is 4.40. The number of ether oxygens (including phenoxy) is 2. The fraction of sp³-hybridized carbons (Fsp3) is 0.364. The first-order valence-corrected chi connectivity index (χ1v) is 9.73. The fourth-order valence-electron chi connectivity index (χ4n) is 3.35. The molecule has 4 rings (SSSR count). The zero-order valence-electron chi connectivity index (χ0n) is 15.7. The molecule has 1 aliphatic rings. The maximum atomic E-state index is 12.5. The molecule has 6 heteroatoms. The van der Waals surface area contributed by atoms with Gasteiger partial charge in [-0.3, -0.25) is 4.79 Å². The second kappa shape index (κ2) is 8.99. The van der Waals surface area contributed by atoms with Crippen LogP contribution in [0.2, 0.25) is 0 Å². The average Bonchev–Trinajstić information content (AvgIpc) is 3.40. The van der Waals surface area contributed by atoms with Crippen molar-refractivity contribution in [2.24, 2.45) is 0 Å². The smallest absolute Gasteiger partial charge is 0.251 e. The summed E-state index contributed by atoms with van der Waals surface area (Å²) in [5.74, 6) is 0.564. The van der Waals surface area contributed by atoms with Crippen LogP contribution in [0.1, 0.15) is 29.6 Å². The van der Waals surface area contributed by atoms with Crippen LogP contribution in [-0.4, -0.2) is 43.5 Å². The first kappa shape index (κ1) is 18.7. The van der Waals surface area contributed by atoms with Gasteiger partial charge >= 0.3 is 0 Å². The molecule has 1 atom stereocenters. The summed E-state index contributed by atoms with van der Waals surface area (Å²) in [4.78, 5) is 12.5. The molecule has 6 nitrogen and oxygen atoms in total. The Bertz CT molecular complexity index is 917. The summed E-state index contributed by atoms with van der Waals surface area (Å²) in [6.07, 6.45) is 3.20. The summed E-state index contributed by atoms with van der Waals surface area (Å²) in [7, 11) is 0. The first-order chi connectivity index (χ1) is 13.8. The number of hydrogen-bond donors (Lipinski definition) is 1. The molecule has 28 heavy (non-hydrogen) atoms. The van der Waals surface area contributed by atoms with Gasteiger partial charge in [0.2, 0.25) is 0 Å². The molecule has 1 aliphatic heterocycles. The maximum absolute atomic E-state index is 12.5. The lowest BCUT2D eigenvalue weighted by atomic mass is 10.1. The van der Waals surface area contributed by atoms with Crippen LogP contribution in [0.3, 0.4) is 0 Å². The van der Waals surface area contributed by atoms with E-state index in [0.29, 0.717) is 31.1 Å². The van der Waals surface area contributed by atoms with Gasteiger partial charge in [-0.15, -0.1) is 0 Å². The standard InChI is InChI=1S/C22H24N2O4/c25-22(23-11-5-12-26-15-18-8-4-13-27-18)17-9-10-20-19(14-17)21(28-24-20)16-6-2-1-3-7-16/h1-3,6-7,9-10,14,18H,4-5,8,11-13,15H2,(H,23,25). The molecule has 0 aliphatic carbocycles. The van der Waals surface area contributed by atoms with Gasteiger partial charge < -0.3 is 19.3 Å². The van der Waals surface area contributed by atoms with E-state index in [-0.39, 0.29) is 12.0 Å². The van der Waals surface area contributed by atoms with Crippen molar-refractivity contribution in [3.8, 4) is 11.3 Å². The number of fused-ring (bicyclic) bond motifs is 1. The second-order valence-corrected chi connectivity index (χ2v) is 6.93. The van der Waals surface area contributed by atoms with Crippen molar-refractivity contribution in [2.75, 3.05) is 26.4 Å². The van der Waals surface area contributed by atoms with Crippen LogP contribution < -0.4 is 5.32 Å². The van der Waals surface area contributed by atoms with Gasteiger partial charge in [-0.2, -0.15) is 0 Å². The Morgan fingerprint density at radius 1 is 1.21 bits per heavy atom. The Morgan fingerprint density at radius 2 is 2.11 bits per heavy atom. The van der Waals surface area contributed by atoms with Gasteiger partial charge in [-0.05, 0) is 37.5 Å². The summed E-state index contributed by atoms with van der Waals surface area (Å²) in [6.45, 7) is 2.66. The second-order valence-electron chi connectivity index (χ2n) is 6.93. The summed E-state index contributed by atoms with van der Waals surface area (Å²) in [5.41, 5.74) is 2.26. The van der Waals surface area contributed by atoms with Crippen LogP contribution in [-0.2, 0) is 9.47 Å². The molecule has 1 saturated heterocycles. The van der Waals surface area contributed by atoms with E-state index in [2.05, 4.69) is 10.5 Å². The van der Waals surface area contributed by atoms with E-state index in [9.17, 15) is 4.79 Å². The largest absolute Gasteiger partial charge is 0.379 e. The molecule has 1 amide bonds. The van der Waals surface area contributed by atoms with Gasteiger partial charge in [0, 0.05) is 30.9 Å². The number of nitrogens with one attached hydrogen (secondary N) is 1. The number of amides is 1. The Labute approximate surface area is 163 Å². The van der Waals surface area contributed by atoms with E-state index < -0.39 is 0 Å². The molecule has 1 unspecified atom stereocenters. The van der Waals surface area contributed by atoms with Crippen molar-refractivity contribution >= 4 is 16.8 Å². The van der Waals surface area contributed by atoms with Crippen molar-refractivity contribution < 1.29 is 18.8 Å². The molecule has 1 aromatic heterocycles. The number of carbonyl (C=O) groups is 1. The van der Waals surface area contributed by atoms with E-state index in [1.54, 1.807) is 6.07 Å². The highest BCUT2D eigenvalue weighted by molar-refractivity contribution is 6.00. The van der Waals surface area contributed by atoms with E-state index in [0.717, 1.165) is 42.3 Å². The number of aromatic nitrogens is 1. The van der Waals surface area contributed by atoms with Crippen molar-refractivity contribution in [1.29, 1.82) is 0 Å². The number of benzene rings is 2. The summed E-state index contributed by atoms with van der Waals surface area (Å²) >= 11 is 0. The zero-order valence-corrected chi connectivity index (χ0v) is 15.7. The Kier molecular flexibility index (Phi) is 5.99. The molecular formula is C22H24N2O4. The van der Waals surface area contributed by atoms with Crippen LogP contribution in [0.15, 0.2) is 53.1 Å². The van der Waals surface area contributed by atoms with Gasteiger partial charge in [0.25, 0.3) is 5.91 Å². The van der Waals surface area contributed by atoms with Crippen molar-refractivity contribution in [3.63, 3.8) is 0 Å². The van der Waals surface area contributed by atoms with Crippen LogP contribution >= 0.6 is 0 Å². The minimum Gasteiger partial charge on any atom is -0.379 e. The van der Waals surface area contributed by atoms with E-state index in [4.69, 9.17) is 14.0 Å². The van der Waals surface area contributed by atoms with Gasteiger partial charge in [-0.1, -0.05) is 35.5 Å². The van der Waals surface area contributed by atoms with E-state index >= 15 is 0 Å². The third-order valence-corrected chi connectivity index (χ3v) is 4.85. The molecule has 3 aromatic rings. The molecule has 2 aromatic carbocycles. The molecule has 1 N–H and O–H groups in total. The lowest BCUT2D eigenvalue weighted by molar-refractivity contribution is 0.0166. The van der Waals surface area contributed by atoms with E-state index in [1.165, 1.54) is 0 Å². The Morgan fingerprint density at radius 3 is 2.93 bits per heavy atom. The molecule has 146 valence electrons. The molecule has 0 saturated carbocycles. The van der Waals surface area contributed by atoms with Gasteiger partial charge in [0.1, 0.15) is 5.52 Å². The lowest BCUT2D eigenvalue weighted by Crippen LogP contribution is -2.25. The Hall–Kier alpha value is -2.70. The van der Waals surface area contributed by atoms with Crippen LogP contribution in [0, 0.1) is 0 Å². The van der Waals surface area contributed by atoms with Crippen LogP contribution in [0.5, 0.6) is 0 Å². The lowest BCUT2D eigenvalue weighted by Gasteiger charge is -2.10. The van der Waals surface area contributed by atoms with Crippen molar-refractivity contribution in [1.82, 2.24) is 10.5 Å². The third-order valence-electron chi connectivity index (χ3n) is 4.85. The zero-order chi connectivity index (χ0) is 19.2. The SMILES string of the molecule is O=C(NCCCOCC1CCCO1)c1ccc2noc(-c3ccccc3)c2c1. The molecule has 0 bridgehead atoms. The van der Waals surface area contributed by atoms with Gasteiger partial charge in [-0.25, -0.2) is 0 Å². The topological polar surface area (TPSA) is 73.6 Å². The summed E-state index contributed by atoms with van der Waals surface area (Å²) in [5, 5.41) is 7.87. The fourth-order valence-corrected chi connectivity index (χ4v) is 3.35. The number of hydrogen-bond acceptors (Lipinski definition) is 5. The van der Waals surface area contributed by atoms with Crippen LogP contribution in [0.25, 0.3) is 22.2 Å². The molecule has 0 radical (unpaired) electrons. The van der Waals surface area contributed by atoms with E-state index in [1.807, 2.05) is 42.5 Å². The highest BCUT2D eigenvalue weighted by Gasteiger charge is 2.15. The highest BCUT2D eigenvalue weighted by Crippen LogP contribution is 2.29. The first-order valence-electron chi connectivity index (χ1n) is 9.73. The summed E-state index contributed by atoms with van der Waals surface area (Å²) < 4.78 is 16.6. The number of nitrogens with zero attached hydrogens (tertiary/aromatic N) is 1. The van der Waals surface area contributed by atoms with Crippen molar-refractivity contribution in [3.05, 3.63) is 54.1 Å². The molecule has 1 fully saturated rings.